The standard InChI is InChI=1S/C22H28N2O3S2/c1-22(2,3)17-6-8-18(9-7-17)29(26,27)24-13-11-23(12-14-24)21(25)20-19(10-15-28-20)16-4-5-16/h6-10,15-16H,4-5,11-14H2,1-3H3. The fraction of sp³-hybridized carbons (Fsp3) is 0.500. The third kappa shape index (κ3) is 4.13. The first-order chi connectivity index (χ1) is 13.7. The van der Waals surface area contributed by atoms with Gasteiger partial charge in [-0.1, -0.05) is 32.9 Å². The van der Waals surface area contributed by atoms with Gasteiger partial charge >= 0.3 is 0 Å². The van der Waals surface area contributed by atoms with Crippen LogP contribution in [0, 0.1) is 0 Å². The molecule has 5 nitrogen and oxygen atoms in total. The summed E-state index contributed by atoms with van der Waals surface area (Å²) in [6, 6.07) is 9.24. The molecule has 2 fully saturated rings. The molecule has 0 atom stereocenters. The van der Waals surface area contributed by atoms with Crippen LogP contribution in [0.1, 0.15) is 60.3 Å². The highest BCUT2D eigenvalue weighted by atomic mass is 32.2. The van der Waals surface area contributed by atoms with Crippen LogP contribution in [0.25, 0.3) is 0 Å². The average molecular weight is 433 g/mol. The van der Waals surface area contributed by atoms with Crippen molar-refractivity contribution >= 4 is 27.3 Å². The predicted octanol–water partition coefficient (Wildman–Crippen LogP) is 4.07. The van der Waals surface area contributed by atoms with Crippen LogP contribution in [0.2, 0.25) is 0 Å². The van der Waals surface area contributed by atoms with Gasteiger partial charge in [0.05, 0.1) is 9.77 Å². The molecule has 1 saturated carbocycles. The lowest BCUT2D eigenvalue weighted by Gasteiger charge is -2.34. The molecule has 1 amide bonds. The van der Waals surface area contributed by atoms with Crippen LogP contribution in [0.15, 0.2) is 40.6 Å². The van der Waals surface area contributed by atoms with Gasteiger partial charge in [0.15, 0.2) is 0 Å². The van der Waals surface area contributed by atoms with Crippen molar-refractivity contribution in [2.45, 2.75) is 49.8 Å². The minimum Gasteiger partial charge on any atom is -0.335 e. The van der Waals surface area contributed by atoms with Crippen molar-refractivity contribution < 1.29 is 13.2 Å². The summed E-state index contributed by atoms with van der Waals surface area (Å²) in [5, 5.41) is 1.99. The molecule has 1 aromatic heterocycles. The lowest BCUT2D eigenvalue weighted by molar-refractivity contribution is 0.0701. The minimum atomic E-state index is -3.54. The van der Waals surface area contributed by atoms with Crippen molar-refractivity contribution in [3.63, 3.8) is 0 Å². The van der Waals surface area contributed by atoms with E-state index in [2.05, 4.69) is 26.8 Å². The summed E-state index contributed by atoms with van der Waals surface area (Å²) in [6.07, 6.45) is 2.33. The van der Waals surface area contributed by atoms with Crippen LogP contribution in [0.4, 0.5) is 0 Å². The maximum absolute atomic E-state index is 13.0. The van der Waals surface area contributed by atoms with Crippen molar-refractivity contribution in [1.29, 1.82) is 0 Å². The van der Waals surface area contributed by atoms with Crippen LogP contribution in [0.3, 0.4) is 0 Å². The van der Waals surface area contributed by atoms with Crippen molar-refractivity contribution in [3.05, 3.63) is 51.7 Å². The normalized spacial score (nSPS) is 18.8. The molecule has 2 heterocycles. The molecule has 0 spiro atoms. The fourth-order valence-electron chi connectivity index (χ4n) is 3.76. The van der Waals surface area contributed by atoms with Crippen molar-refractivity contribution in [2.75, 3.05) is 26.2 Å². The lowest BCUT2D eigenvalue weighted by Crippen LogP contribution is -2.50. The Kier molecular flexibility index (Phi) is 5.34. The molecule has 0 unspecified atom stereocenters. The summed E-state index contributed by atoms with van der Waals surface area (Å²) >= 11 is 1.50. The van der Waals surface area contributed by atoms with Crippen LogP contribution in [-0.2, 0) is 15.4 Å². The van der Waals surface area contributed by atoms with Crippen molar-refractivity contribution in [1.82, 2.24) is 9.21 Å². The first kappa shape index (κ1) is 20.6. The minimum absolute atomic E-state index is 0.0185. The van der Waals surface area contributed by atoms with Gasteiger partial charge in [0, 0.05) is 26.2 Å². The maximum Gasteiger partial charge on any atom is 0.264 e. The van der Waals surface area contributed by atoms with Gasteiger partial charge in [-0.3, -0.25) is 4.79 Å². The van der Waals surface area contributed by atoms with Gasteiger partial charge in [0.25, 0.3) is 5.91 Å². The van der Waals surface area contributed by atoms with Crippen molar-refractivity contribution in [2.24, 2.45) is 0 Å². The molecule has 7 heteroatoms. The van der Waals surface area contributed by atoms with E-state index in [0.717, 1.165) is 23.3 Å². The zero-order valence-corrected chi connectivity index (χ0v) is 18.9. The van der Waals surface area contributed by atoms with E-state index in [-0.39, 0.29) is 11.3 Å². The van der Waals surface area contributed by atoms with Gasteiger partial charge < -0.3 is 4.90 Å². The predicted molar refractivity (Wildman–Crippen MR) is 116 cm³/mol. The molecule has 1 saturated heterocycles. The van der Waals surface area contributed by atoms with Crippen molar-refractivity contribution in [3.8, 4) is 0 Å². The fourth-order valence-corrected chi connectivity index (χ4v) is 6.13. The number of benzene rings is 1. The lowest BCUT2D eigenvalue weighted by atomic mass is 9.87. The van der Waals surface area contributed by atoms with E-state index in [1.54, 1.807) is 17.0 Å². The number of piperazine rings is 1. The van der Waals surface area contributed by atoms with Crippen LogP contribution in [0.5, 0.6) is 0 Å². The van der Waals surface area contributed by atoms with E-state index in [4.69, 9.17) is 0 Å². The largest absolute Gasteiger partial charge is 0.335 e. The van der Waals surface area contributed by atoms with E-state index in [1.165, 1.54) is 21.2 Å². The Labute approximate surface area is 177 Å². The van der Waals surface area contributed by atoms with Gasteiger partial charge in [-0.05, 0) is 58.9 Å². The number of rotatable bonds is 4. The van der Waals surface area contributed by atoms with Gasteiger partial charge in [-0.15, -0.1) is 11.3 Å². The summed E-state index contributed by atoms with van der Waals surface area (Å²) in [5.41, 5.74) is 2.26. The first-order valence-electron chi connectivity index (χ1n) is 10.2. The van der Waals surface area contributed by atoms with E-state index in [0.29, 0.717) is 37.0 Å². The number of amides is 1. The molecule has 2 aromatic rings. The Bertz CT molecular complexity index is 991. The molecule has 0 bridgehead atoms. The van der Waals surface area contributed by atoms with E-state index < -0.39 is 10.0 Å². The first-order valence-corrected chi connectivity index (χ1v) is 12.5. The van der Waals surface area contributed by atoms with E-state index >= 15 is 0 Å². The molecule has 29 heavy (non-hydrogen) atoms. The summed E-state index contributed by atoms with van der Waals surface area (Å²) in [5.74, 6) is 0.589. The molecule has 156 valence electrons. The highest BCUT2D eigenvalue weighted by molar-refractivity contribution is 7.89. The number of sulfonamides is 1. The Morgan fingerprint density at radius 2 is 1.62 bits per heavy atom. The third-order valence-electron chi connectivity index (χ3n) is 5.79. The summed E-state index contributed by atoms with van der Waals surface area (Å²) in [6.45, 7) is 7.84. The topological polar surface area (TPSA) is 57.7 Å². The molecule has 0 radical (unpaired) electrons. The van der Waals surface area contributed by atoms with Gasteiger partial charge in [-0.25, -0.2) is 8.42 Å². The number of thiophene rings is 1. The molecule has 1 aromatic carbocycles. The second kappa shape index (κ2) is 7.52. The second-order valence-corrected chi connectivity index (χ2v) is 11.8. The molecule has 4 rings (SSSR count). The summed E-state index contributed by atoms with van der Waals surface area (Å²) < 4.78 is 27.6. The summed E-state index contributed by atoms with van der Waals surface area (Å²) in [4.78, 5) is 15.9. The highest BCUT2D eigenvalue weighted by Crippen LogP contribution is 2.43. The Morgan fingerprint density at radius 1 is 1.00 bits per heavy atom. The van der Waals surface area contributed by atoms with Gasteiger partial charge in [0.1, 0.15) is 0 Å². The zero-order chi connectivity index (χ0) is 20.8. The number of hydrogen-bond acceptors (Lipinski definition) is 4. The number of carbonyl (C=O) groups is 1. The monoisotopic (exact) mass is 432 g/mol. The molecular formula is C22H28N2O3S2. The number of hydrogen-bond donors (Lipinski definition) is 0. The van der Waals surface area contributed by atoms with Crippen LogP contribution in [-0.4, -0.2) is 49.7 Å². The van der Waals surface area contributed by atoms with E-state index in [1.807, 2.05) is 17.5 Å². The Hall–Kier alpha value is -1.70. The number of carbonyl (C=O) groups excluding carboxylic acids is 1. The van der Waals surface area contributed by atoms with Crippen LogP contribution >= 0.6 is 11.3 Å². The molecular weight excluding hydrogens is 404 g/mol. The average Bonchev–Trinajstić information content (AvgIpc) is 3.43. The second-order valence-electron chi connectivity index (χ2n) is 8.95. The number of nitrogens with zero attached hydrogens (tertiary/aromatic N) is 2. The SMILES string of the molecule is CC(C)(C)c1ccc(S(=O)(=O)N2CCN(C(=O)c3sccc3C3CC3)CC2)cc1. The summed E-state index contributed by atoms with van der Waals surface area (Å²) in [7, 11) is -3.54. The highest BCUT2D eigenvalue weighted by Gasteiger charge is 2.34. The Morgan fingerprint density at radius 3 is 2.17 bits per heavy atom. The maximum atomic E-state index is 13.0. The van der Waals surface area contributed by atoms with Gasteiger partial charge in [0.2, 0.25) is 10.0 Å². The molecule has 1 aliphatic heterocycles. The zero-order valence-electron chi connectivity index (χ0n) is 17.2. The Balaban J connectivity index is 1.43. The quantitative estimate of drug-likeness (QED) is 0.732. The van der Waals surface area contributed by atoms with Crippen LogP contribution < -0.4 is 0 Å². The molecule has 1 aliphatic carbocycles. The molecule has 2 aliphatic rings. The third-order valence-corrected chi connectivity index (χ3v) is 8.62. The van der Waals surface area contributed by atoms with E-state index in [9.17, 15) is 13.2 Å². The molecule has 0 N–H and O–H groups in total. The van der Waals surface area contributed by atoms with Gasteiger partial charge in [-0.2, -0.15) is 4.31 Å². The smallest absolute Gasteiger partial charge is 0.264 e.